The predicted octanol–water partition coefficient (Wildman–Crippen LogP) is 3.10. The Labute approximate surface area is 98.3 Å². The summed E-state index contributed by atoms with van der Waals surface area (Å²) < 4.78 is 5.26. The van der Waals surface area contributed by atoms with E-state index in [4.69, 9.17) is 4.74 Å². The van der Waals surface area contributed by atoms with E-state index in [0.717, 1.165) is 10.9 Å². The summed E-state index contributed by atoms with van der Waals surface area (Å²) in [6, 6.07) is 13.1. The predicted molar refractivity (Wildman–Crippen MR) is 67.5 cm³/mol. The van der Waals surface area contributed by atoms with Crippen molar-refractivity contribution >= 4 is 21.8 Å². The molecule has 2 aromatic carbocycles. The molecule has 0 radical (unpaired) electrons. The molecule has 1 aromatic heterocycles. The molecular weight excluding hydrogens is 214 g/mol. The van der Waals surface area contributed by atoms with E-state index in [1.165, 1.54) is 0 Å². The van der Waals surface area contributed by atoms with Gasteiger partial charge in [0, 0.05) is 10.8 Å². The molecular formula is C14H11NO2. The van der Waals surface area contributed by atoms with E-state index in [0.29, 0.717) is 16.7 Å². The van der Waals surface area contributed by atoms with Gasteiger partial charge < -0.3 is 9.84 Å². The van der Waals surface area contributed by atoms with Gasteiger partial charge in [0.05, 0.1) is 12.6 Å². The number of phenolic OH excluding ortho intramolecular Hbond substituents is 1. The molecule has 0 aliphatic carbocycles. The molecule has 3 rings (SSSR count). The molecule has 17 heavy (non-hydrogen) atoms. The Kier molecular flexibility index (Phi) is 2.11. The SMILES string of the molecule is COc1ccc(O)c2cc3ccccc3nc12. The molecule has 0 spiro atoms. The molecule has 0 saturated carbocycles. The number of phenols is 1. The largest absolute Gasteiger partial charge is 0.507 e. The third kappa shape index (κ3) is 1.47. The van der Waals surface area contributed by atoms with Crippen molar-refractivity contribution in [2.45, 2.75) is 0 Å². The van der Waals surface area contributed by atoms with Gasteiger partial charge in [0.15, 0.2) is 0 Å². The Balaban J connectivity index is 2.50. The van der Waals surface area contributed by atoms with Crippen LogP contribution in [0, 0.1) is 0 Å². The number of rotatable bonds is 1. The van der Waals surface area contributed by atoms with Gasteiger partial charge in [0.25, 0.3) is 0 Å². The third-order valence-corrected chi connectivity index (χ3v) is 2.85. The number of aromatic hydroxyl groups is 1. The van der Waals surface area contributed by atoms with Gasteiger partial charge in [0.1, 0.15) is 17.0 Å². The quantitative estimate of drug-likeness (QED) is 0.647. The lowest BCUT2D eigenvalue weighted by Crippen LogP contribution is -1.89. The summed E-state index contributed by atoms with van der Waals surface area (Å²) in [7, 11) is 1.60. The number of methoxy groups -OCH3 is 1. The molecule has 1 N–H and O–H groups in total. The smallest absolute Gasteiger partial charge is 0.145 e. The second-order valence-corrected chi connectivity index (χ2v) is 3.86. The van der Waals surface area contributed by atoms with Crippen LogP contribution in [0.25, 0.3) is 21.8 Å². The first-order valence-electron chi connectivity index (χ1n) is 5.35. The first-order valence-corrected chi connectivity index (χ1v) is 5.35. The van der Waals surface area contributed by atoms with Gasteiger partial charge >= 0.3 is 0 Å². The van der Waals surface area contributed by atoms with Crippen LogP contribution in [0.1, 0.15) is 0 Å². The standard InChI is InChI=1S/C14H11NO2/c1-17-13-7-6-12(16)10-8-9-4-2-3-5-11(9)15-14(10)13/h2-8,16H,1H3. The van der Waals surface area contributed by atoms with Crippen LogP contribution in [0.4, 0.5) is 0 Å². The zero-order valence-electron chi connectivity index (χ0n) is 9.34. The third-order valence-electron chi connectivity index (χ3n) is 2.85. The zero-order chi connectivity index (χ0) is 11.8. The van der Waals surface area contributed by atoms with Crippen LogP contribution in [0.3, 0.4) is 0 Å². The lowest BCUT2D eigenvalue weighted by molar-refractivity contribution is 0.417. The lowest BCUT2D eigenvalue weighted by atomic mass is 10.1. The van der Waals surface area contributed by atoms with Crippen LogP contribution in [0.2, 0.25) is 0 Å². The molecule has 0 atom stereocenters. The van der Waals surface area contributed by atoms with Crippen molar-refractivity contribution in [3.63, 3.8) is 0 Å². The molecule has 1 heterocycles. The fourth-order valence-electron chi connectivity index (χ4n) is 1.99. The number of para-hydroxylation sites is 1. The Bertz CT molecular complexity index is 707. The minimum atomic E-state index is 0.221. The van der Waals surface area contributed by atoms with Crippen molar-refractivity contribution in [1.82, 2.24) is 4.98 Å². The van der Waals surface area contributed by atoms with Crippen molar-refractivity contribution in [1.29, 1.82) is 0 Å². The molecule has 0 amide bonds. The summed E-state index contributed by atoms with van der Waals surface area (Å²) in [5.41, 5.74) is 1.58. The van der Waals surface area contributed by atoms with Crippen LogP contribution in [0.15, 0.2) is 42.5 Å². The molecule has 0 fully saturated rings. The number of hydrogen-bond donors (Lipinski definition) is 1. The highest BCUT2D eigenvalue weighted by molar-refractivity contribution is 5.98. The minimum Gasteiger partial charge on any atom is -0.507 e. The van der Waals surface area contributed by atoms with Crippen molar-refractivity contribution < 1.29 is 9.84 Å². The maximum absolute atomic E-state index is 9.86. The molecule has 84 valence electrons. The molecule has 0 unspecified atom stereocenters. The van der Waals surface area contributed by atoms with Crippen LogP contribution in [-0.2, 0) is 0 Å². The summed E-state index contributed by atoms with van der Waals surface area (Å²) in [4.78, 5) is 4.52. The van der Waals surface area contributed by atoms with Crippen LogP contribution < -0.4 is 4.74 Å². The highest BCUT2D eigenvalue weighted by atomic mass is 16.5. The van der Waals surface area contributed by atoms with E-state index in [1.54, 1.807) is 19.2 Å². The molecule has 3 nitrogen and oxygen atoms in total. The number of nitrogens with zero attached hydrogens (tertiary/aromatic N) is 1. The minimum absolute atomic E-state index is 0.221. The van der Waals surface area contributed by atoms with Gasteiger partial charge in [-0.2, -0.15) is 0 Å². The Morgan fingerprint density at radius 1 is 1.12 bits per heavy atom. The van der Waals surface area contributed by atoms with Crippen LogP contribution in [-0.4, -0.2) is 17.2 Å². The lowest BCUT2D eigenvalue weighted by Gasteiger charge is -2.07. The number of hydrogen-bond acceptors (Lipinski definition) is 3. The Hall–Kier alpha value is -2.29. The zero-order valence-corrected chi connectivity index (χ0v) is 9.34. The summed E-state index contributed by atoms with van der Waals surface area (Å²) in [5, 5.41) is 11.6. The highest BCUT2D eigenvalue weighted by Crippen LogP contribution is 2.32. The molecule has 0 aliphatic rings. The molecule has 0 aliphatic heterocycles. The van der Waals surface area contributed by atoms with Crippen LogP contribution >= 0.6 is 0 Å². The Morgan fingerprint density at radius 3 is 2.76 bits per heavy atom. The monoisotopic (exact) mass is 225 g/mol. The van der Waals surface area contributed by atoms with Gasteiger partial charge in [-0.05, 0) is 24.3 Å². The number of fused-ring (bicyclic) bond motifs is 2. The van der Waals surface area contributed by atoms with Gasteiger partial charge in [-0.3, -0.25) is 0 Å². The molecule has 3 aromatic rings. The van der Waals surface area contributed by atoms with E-state index < -0.39 is 0 Å². The average molecular weight is 225 g/mol. The van der Waals surface area contributed by atoms with Gasteiger partial charge in [-0.25, -0.2) is 4.98 Å². The molecule has 0 saturated heterocycles. The van der Waals surface area contributed by atoms with Crippen molar-refractivity contribution in [2.24, 2.45) is 0 Å². The fourth-order valence-corrected chi connectivity index (χ4v) is 1.99. The summed E-state index contributed by atoms with van der Waals surface area (Å²) in [6.07, 6.45) is 0. The van der Waals surface area contributed by atoms with Gasteiger partial charge in [-0.15, -0.1) is 0 Å². The van der Waals surface area contributed by atoms with Crippen LogP contribution in [0.5, 0.6) is 11.5 Å². The van der Waals surface area contributed by atoms with E-state index in [1.807, 2.05) is 30.3 Å². The number of ether oxygens (including phenoxy) is 1. The first kappa shape index (κ1) is 9.90. The normalized spacial score (nSPS) is 10.9. The van der Waals surface area contributed by atoms with E-state index >= 15 is 0 Å². The summed E-state index contributed by atoms with van der Waals surface area (Å²) in [6.45, 7) is 0. The fraction of sp³-hybridized carbons (Fsp3) is 0.0714. The van der Waals surface area contributed by atoms with E-state index in [2.05, 4.69) is 4.98 Å². The Morgan fingerprint density at radius 2 is 1.94 bits per heavy atom. The number of pyridine rings is 1. The maximum Gasteiger partial charge on any atom is 0.145 e. The number of aromatic nitrogens is 1. The summed E-state index contributed by atoms with van der Waals surface area (Å²) in [5.74, 6) is 0.891. The van der Waals surface area contributed by atoms with Crippen molar-refractivity contribution in [3.8, 4) is 11.5 Å². The first-order chi connectivity index (χ1) is 8.29. The molecule has 3 heteroatoms. The maximum atomic E-state index is 9.86. The van der Waals surface area contributed by atoms with E-state index in [9.17, 15) is 5.11 Å². The number of benzene rings is 2. The van der Waals surface area contributed by atoms with Crippen molar-refractivity contribution in [3.05, 3.63) is 42.5 Å². The summed E-state index contributed by atoms with van der Waals surface area (Å²) >= 11 is 0. The average Bonchev–Trinajstić information content (AvgIpc) is 2.38. The van der Waals surface area contributed by atoms with Gasteiger partial charge in [0.2, 0.25) is 0 Å². The van der Waals surface area contributed by atoms with Crippen molar-refractivity contribution in [2.75, 3.05) is 7.11 Å². The van der Waals surface area contributed by atoms with E-state index in [-0.39, 0.29) is 5.75 Å². The topological polar surface area (TPSA) is 42.4 Å². The second-order valence-electron chi connectivity index (χ2n) is 3.86. The van der Waals surface area contributed by atoms with Gasteiger partial charge in [-0.1, -0.05) is 18.2 Å². The second kappa shape index (κ2) is 3.63. The molecule has 0 bridgehead atoms. The highest BCUT2D eigenvalue weighted by Gasteiger charge is 2.08.